The van der Waals surface area contributed by atoms with E-state index in [1.54, 1.807) is 12.1 Å². The number of benzene rings is 1. The van der Waals surface area contributed by atoms with Gasteiger partial charge in [-0.3, -0.25) is 9.69 Å². The van der Waals surface area contributed by atoms with Crippen molar-refractivity contribution in [2.75, 3.05) is 39.3 Å². The van der Waals surface area contributed by atoms with E-state index in [9.17, 15) is 9.18 Å². The number of amides is 1. The number of hydrogen-bond donors (Lipinski definition) is 1. The number of rotatable bonds is 5. The predicted octanol–water partition coefficient (Wildman–Crippen LogP) is 2.08. The van der Waals surface area contributed by atoms with Crippen LogP contribution in [0.5, 0.6) is 0 Å². The van der Waals surface area contributed by atoms with E-state index in [1.165, 1.54) is 12.5 Å². The van der Waals surface area contributed by atoms with Crippen molar-refractivity contribution < 1.29 is 9.18 Å². The minimum Gasteiger partial charge on any atom is -0.340 e. The number of carbonyl (C=O) groups excluding carboxylic acids is 1. The Morgan fingerprint density at radius 1 is 1.25 bits per heavy atom. The molecule has 0 aliphatic carbocycles. The van der Waals surface area contributed by atoms with E-state index in [1.807, 2.05) is 11.0 Å². The fraction of sp³-hybridized carbons (Fsp3) is 0.611. The third-order valence-corrected chi connectivity index (χ3v) is 4.94. The van der Waals surface area contributed by atoms with Crippen molar-refractivity contribution >= 4 is 18.3 Å². The van der Waals surface area contributed by atoms with Gasteiger partial charge in [0.2, 0.25) is 5.91 Å². The molecule has 1 amide bonds. The minimum absolute atomic E-state index is 0. The quantitative estimate of drug-likeness (QED) is 0.878. The van der Waals surface area contributed by atoms with E-state index in [0.29, 0.717) is 12.5 Å². The van der Waals surface area contributed by atoms with Gasteiger partial charge in [-0.2, -0.15) is 0 Å². The molecule has 2 fully saturated rings. The summed E-state index contributed by atoms with van der Waals surface area (Å²) in [5.41, 5.74) is 1.05. The maximum Gasteiger partial charge on any atom is 0.223 e. The molecule has 2 aliphatic heterocycles. The number of nitrogens with zero attached hydrogens (tertiary/aromatic N) is 2. The monoisotopic (exact) mass is 355 g/mol. The molecule has 1 aromatic carbocycles. The zero-order valence-corrected chi connectivity index (χ0v) is 14.9. The summed E-state index contributed by atoms with van der Waals surface area (Å²) in [6.45, 7) is 5.32. The first-order valence-corrected chi connectivity index (χ1v) is 8.69. The van der Waals surface area contributed by atoms with Crippen LogP contribution in [0.3, 0.4) is 0 Å². The van der Waals surface area contributed by atoms with Crippen LogP contribution in [0.4, 0.5) is 4.39 Å². The Kier molecular flexibility index (Phi) is 7.46. The van der Waals surface area contributed by atoms with E-state index in [-0.39, 0.29) is 24.1 Å². The summed E-state index contributed by atoms with van der Waals surface area (Å²) in [5.74, 6) is 0.101. The highest BCUT2D eigenvalue weighted by Crippen LogP contribution is 2.22. The number of halogens is 2. The van der Waals surface area contributed by atoms with Gasteiger partial charge < -0.3 is 10.2 Å². The molecule has 2 aliphatic rings. The van der Waals surface area contributed by atoms with Gasteiger partial charge in [-0.25, -0.2) is 4.39 Å². The highest BCUT2D eigenvalue weighted by atomic mass is 35.5. The van der Waals surface area contributed by atoms with Crippen molar-refractivity contribution in [3.63, 3.8) is 0 Å². The first-order chi connectivity index (χ1) is 11.2. The zero-order chi connectivity index (χ0) is 16.1. The van der Waals surface area contributed by atoms with Crippen molar-refractivity contribution in [2.45, 2.75) is 31.7 Å². The molecule has 2 saturated heterocycles. The summed E-state index contributed by atoms with van der Waals surface area (Å²) >= 11 is 0. The van der Waals surface area contributed by atoms with Gasteiger partial charge in [0, 0.05) is 45.2 Å². The van der Waals surface area contributed by atoms with E-state index in [0.717, 1.165) is 57.7 Å². The molecule has 0 bridgehead atoms. The van der Waals surface area contributed by atoms with Gasteiger partial charge >= 0.3 is 0 Å². The number of carbonyl (C=O) groups is 1. The molecule has 134 valence electrons. The zero-order valence-electron chi connectivity index (χ0n) is 14.0. The van der Waals surface area contributed by atoms with Gasteiger partial charge in [-0.1, -0.05) is 12.1 Å². The highest BCUT2D eigenvalue weighted by molar-refractivity contribution is 5.85. The van der Waals surface area contributed by atoms with Crippen molar-refractivity contribution in [1.29, 1.82) is 0 Å². The van der Waals surface area contributed by atoms with Gasteiger partial charge in [-0.15, -0.1) is 12.4 Å². The first kappa shape index (κ1) is 19.2. The number of likely N-dealkylation sites (tertiary alicyclic amines) is 1. The average Bonchev–Trinajstić information content (AvgIpc) is 3.00. The van der Waals surface area contributed by atoms with E-state index in [2.05, 4.69) is 10.2 Å². The van der Waals surface area contributed by atoms with Crippen LogP contribution in [-0.4, -0.2) is 61.0 Å². The van der Waals surface area contributed by atoms with Gasteiger partial charge in [-0.05, 0) is 43.5 Å². The van der Waals surface area contributed by atoms with Crippen LogP contribution < -0.4 is 5.32 Å². The molecule has 4 nitrogen and oxygen atoms in total. The number of piperazine rings is 1. The molecule has 1 N–H and O–H groups in total. The fourth-order valence-electron chi connectivity index (χ4n) is 3.67. The lowest BCUT2D eigenvalue weighted by atomic mass is 10.0. The van der Waals surface area contributed by atoms with Gasteiger partial charge in [0.1, 0.15) is 5.82 Å². The van der Waals surface area contributed by atoms with Crippen LogP contribution in [0.2, 0.25) is 0 Å². The molecule has 6 heteroatoms. The SMILES string of the molecule is Cl.O=C(CCN1CCCC1Cc1cccc(F)c1)N1CCNCC1. The summed E-state index contributed by atoms with van der Waals surface area (Å²) in [4.78, 5) is 16.7. The minimum atomic E-state index is -0.166. The van der Waals surface area contributed by atoms with Crippen molar-refractivity contribution in [2.24, 2.45) is 0 Å². The maximum absolute atomic E-state index is 13.3. The molecule has 1 atom stereocenters. The fourth-order valence-corrected chi connectivity index (χ4v) is 3.67. The van der Waals surface area contributed by atoms with E-state index < -0.39 is 0 Å². The molecule has 0 saturated carbocycles. The summed E-state index contributed by atoms with van der Waals surface area (Å²) in [5, 5.41) is 3.27. The highest BCUT2D eigenvalue weighted by Gasteiger charge is 2.26. The van der Waals surface area contributed by atoms with Crippen LogP contribution in [0.15, 0.2) is 24.3 Å². The van der Waals surface area contributed by atoms with Crippen LogP contribution in [0.1, 0.15) is 24.8 Å². The average molecular weight is 356 g/mol. The van der Waals surface area contributed by atoms with E-state index >= 15 is 0 Å². The standard InChI is InChI=1S/C18H26FN3O.ClH/c19-16-4-1-3-15(13-16)14-17-5-2-9-21(17)10-6-18(23)22-11-7-20-8-12-22;/h1,3-4,13,17,20H,2,5-12,14H2;1H. The largest absolute Gasteiger partial charge is 0.340 e. The molecule has 1 aromatic rings. The Labute approximate surface area is 149 Å². The number of hydrogen-bond acceptors (Lipinski definition) is 3. The molecule has 0 aromatic heterocycles. The van der Waals surface area contributed by atoms with Crippen LogP contribution in [-0.2, 0) is 11.2 Å². The Balaban J connectivity index is 0.00000208. The Morgan fingerprint density at radius 3 is 2.79 bits per heavy atom. The lowest BCUT2D eigenvalue weighted by molar-refractivity contribution is -0.132. The lowest BCUT2D eigenvalue weighted by Gasteiger charge is -2.29. The van der Waals surface area contributed by atoms with Crippen molar-refractivity contribution in [1.82, 2.24) is 15.1 Å². The van der Waals surface area contributed by atoms with Gasteiger partial charge in [0.25, 0.3) is 0 Å². The first-order valence-electron chi connectivity index (χ1n) is 8.69. The summed E-state index contributed by atoms with van der Waals surface area (Å²) in [6.07, 6.45) is 3.78. The molecule has 0 radical (unpaired) electrons. The molecule has 0 spiro atoms. The van der Waals surface area contributed by atoms with Crippen LogP contribution in [0, 0.1) is 5.82 Å². The maximum atomic E-state index is 13.3. The molecule has 1 unspecified atom stereocenters. The third-order valence-electron chi connectivity index (χ3n) is 4.94. The second kappa shape index (κ2) is 9.35. The lowest BCUT2D eigenvalue weighted by Crippen LogP contribution is -2.47. The topological polar surface area (TPSA) is 35.6 Å². The van der Waals surface area contributed by atoms with Crippen LogP contribution >= 0.6 is 12.4 Å². The third kappa shape index (κ3) is 5.16. The van der Waals surface area contributed by atoms with Crippen LogP contribution in [0.25, 0.3) is 0 Å². The summed E-state index contributed by atoms with van der Waals surface area (Å²) < 4.78 is 13.3. The summed E-state index contributed by atoms with van der Waals surface area (Å²) in [7, 11) is 0. The van der Waals surface area contributed by atoms with Crippen molar-refractivity contribution in [3.8, 4) is 0 Å². The van der Waals surface area contributed by atoms with Gasteiger partial charge in [0.15, 0.2) is 0 Å². The van der Waals surface area contributed by atoms with Crippen molar-refractivity contribution in [3.05, 3.63) is 35.6 Å². The molecular weight excluding hydrogens is 329 g/mol. The Bertz CT molecular complexity index is 537. The second-order valence-electron chi connectivity index (χ2n) is 6.55. The normalized spacial score (nSPS) is 21.5. The summed E-state index contributed by atoms with van der Waals surface area (Å²) in [6, 6.07) is 7.32. The smallest absolute Gasteiger partial charge is 0.223 e. The molecule has 3 rings (SSSR count). The molecule has 2 heterocycles. The van der Waals surface area contributed by atoms with Gasteiger partial charge in [0.05, 0.1) is 0 Å². The Morgan fingerprint density at radius 2 is 2.04 bits per heavy atom. The van der Waals surface area contributed by atoms with E-state index in [4.69, 9.17) is 0 Å². The predicted molar refractivity (Wildman–Crippen MR) is 96.0 cm³/mol. The number of nitrogens with one attached hydrogen (secondary N) is 1. The molecule has 24 heavy (non-hydrogen) atoms. The second-order valence-corrected chi connectivity index (χ2v) is 6.55. The Hall–Kier alpha value is -1.17. The molecular formula is C18H27ClFN3O.